The zero-order valence-corrected chi connectivity index (χ0v) is 12.5. The first kappa shape index (κ1) is 15.9. The summed E-state index contributed by atoms with van der Waals surface area (Å²) in [6.07, 6.45) is 0. The number of nitrogens with one attached hydrogen (secondary N) is 1. The first-order valence-corrected chi connectivity index (χ1v) is 7.22. The second-order valence-electron chi connectivity index (χ2n) is 4.18. The van der Waals surface area contributed by atoms with Gasteiger partial charge in [-0.05, 0) is 17.7 Å². The predicted molar refractivity (Wildman–Crippen MR) is 78.6 cm³/mol. The molecule has 4 nitrogen and oxygen atoms in total. The molecule has 0 aromatic heterocycles. The van der Waals surface area contributed by atoms with Crippen LogP contribution in [-0.2, 0) is 16.1 Å². The van der Waals surface area contributed by atoms with Gasteiger partial charge in [-0.2, -0.15) is 0 Å². The summed E-state index contributed by atoms with van der Waals surface area (Å²) in [6.45, 7) is 3.76. The maximum Gasteiger partial charge on any atom is 0.315 e. The predicted octanol–water partition coefficient (Wildman–Crippen LogP) is 2.08. The van der Waals surface area contributed by atoms with E-state index in [0.717, 1.165) is 18.8 Å². The molecule has 1 unspecified atom stereocenters. The average molecular weight is 283 g/mol. The number of esters is 1. The van der Waals surface area contributed by atoms with Crippen molar-refractivity contribution in [3.05, 3.63) is 29.8 Å². The summed E-state index contributed by atoms with van der Waals surface area (Å²) in [5.74, 6) is 1.10. The fourth-order valence-electron chi connectivity index (χ4n) is 1.49. The lowest BCUT2D eigenvalue weighted by Crippen LogP contribution is -2.23. The number of methoxy groups -OCH3 is 2. The van der Waals surface area contributed by atoms with Crippen LogP contribution in [0.2, 0.25) is 0 Å². The Hall–Kier alpha value is -1.20. The lowest BCUT2D eigenvalue weighted by molar-refractivity contribution is -0.137. The largest absolute Gasteiger partial charge is 0.497 e. The van der Waals surface area contributed by atoms with Gasteiger partial charge in [-0.3, -0.25) is 4.79 Å². The van der Waals surface area contributed by atoms with E-state index < -0.39 is 0 Å². The second-order valence-corrected chi connectivity index (χ2v) is 5.60. The Bertz CT molecular complexity index is 381. The van der Waals surface area contributed by atoms with E-state index in [0.29, 0.717) is 11.0 Å². The van der Waals surface area contributed by atoms with Crippen molar-refractivity contribution in [1.82, 2.24) is 5.32 Å². The summed E-state index contributed by atoms with van der Waals surface area (Å²) in [6, 6.07) is 7.98. The molecule has 0 spiro atoms. The minimum atomic E-state index is -0.174. The third-order valence-corrected chi connectivity index (χ3v) is 3.77. The maximum atomic E-state index is 11.0. The van der Waals surface area contributed by atoms with Crippen molar-refractivity contribution in [1.29, 1.82) is 0 Å². The van der Waals surface area contributed by atoms with E-state index in [4.69, 9.17) is 4.74 Å². The Balaban J connectivity index is 2.20. The van der Waals surface area contributed by atoms with Gasteiger partial charge >= 0.3 is 5.97 Å². The smallest absolute Gasteiger partial charge is 0.315 e. The molecule has 1 rings (SSSR count). The molecule has 0 saturated heterocycles. The number of carbonyl (C=O) groups is 1. The molecule has 0 radical (unpaired) electrons. The topological polar surface area (TPSA) is 47.6 Å². The highest BCUT2D eigenvalue weighted by molar-refractivity contribution is 8.00. The van der Waals surface area contributed by atoms with Gasteiger partial charge in [-0.25, -0.2) is 0 Å². The standard InChI is InChI=1S/C14H21NO3S/c1-11(19-10-14(16)18-3)8-15-9-12-4-6-13(17-2)7-5-12/h4-7,11,15H,8-10H2,1-3H3. The molecule has 0 amide bonds. The maximum absolute atomic E-state index is 11.0. The van der Waals surface area contributed by atoms with E-state index in [9.17, 15) is 4.79 Å². The monoisotopic (exact) mass is 283 g/mol. The van der Waals surface area contributed by atoms with Crippen LogP contribution >= 0.6 is 11.8 Å². The van der Waals surface area contributed by atoms with Crippen LogP contribution in [0.25, 0.3) is 0 Å². The Labute approximate surface area is 118 Å². The van der Waals surface area contributed by atoms with Crippen LogP contribution in [0.5, 0.6) is 5.75 Å². The highest BCUT2D eigenvalue weighted by atomic mass is 32.2. The molecule has 19 heavy (non-hydrogen) atoms. The van der Waals surface area contributed by atoms with E-state index in [-0.39, 0.29) is 5.97 Å². The number of rotatable bonds is 8. The van der Waals surface area contributed by atoms with Crippen LogP contribution in [-0.4, -0.2) is 37.7 Å². The quantitative estimate of drug-likeness (QED) is 0.740. The summed E-state index contributed by atoms with van der Waals surface area (Å²) in [4.78, 5) is 11.0. The van der Waals surface area contributed by atoms with Crippen molar-refractivity contribution in [2.75, 3.05) is 26.5 Å². The SMILES string of the molecule is COC(=O)CSC(C)CNCc1ccc(OC)cc1. The molecular formula is C14H21NO3S. The highest BCUT2D eigenvalue weighted by Crippen LogP contribution is 2.12. The van der Waals surface area contributed by atoms with Gasteiger partial charge < -0.3 is 14.8 Å². The minimum Gasteiger partial charge on any atom is -0.497 e. The molecule has 0 fully saturated rings. The van der Waals surface area contributed by atoms with E-state index in [2.05, 4.69) is 17.0 Å². The zero-order chi connectivity index (χ0) is 14.1. The summed E-state index contributed by atoms with van der Waals surface area (Å²) in [7, 11) is 3.07. The number of hydrogen-bond acceptors (Lipinski definition) is 5. The molecule has 0 aliphatic heterocycles. The van der Waals surface area contributed by atoms with Gasteiger partial charge in [0, 0.05) is 18.3 Å². The van der Waals surface area contributed by atoms with Gasteiger partial charge in [0.1, 0.15) is 5.75 Å². The molecule has 1 aromatic carbocycles. The molecule has 0 aliphatic carbocycles. The van der Waals surface area contributed by atoms with Crippen molar-refractivity contribution in [2.24, 2.45) is 0 Å². The van der Waals surface area contributed by atoms with Crippen LogP contribution in [0.1, 0.15) is 12.5 Å². The Morgan fingerprint density at radius 3 is 2.58 bits per heavy atom. The Morgan fingerprint density at radius 1 is 1.32 bits per heavy atom. The molecule has 1 aromatic rings. The molecule has 106 valence electrons. The lowest BCUT2D eigenvalue weighted by atomic mass is 10.2. The van der Waals surface area contributed by atoms with Gasteiger partial charge in [0.2, 0.25) is 0 Å². The van der Waals surface area contributed by atoms with Crippen LogP contribution < -0.4 is 10.1 Å². The van der Waals surface area contributed by atoms with Crippen molar-refractivity contribution < 1.29 is 14.3 Å². The summed E-state index contributed by atoms with van der Waals surface area (Å²) in [5, 5.41) is 3.74. The molecule has 1 atom stereocenters. The summed E-state index contributed by atoms with van der Waals surface area (Å²) < 4.78 is 9.71. The highest BCUT2D eigenvalue weighted by Gasteiger charge is 2.06. The number of thioether (sulfide) groups is 1. The Morgan fingerprint density at radius 2 is 2.00 bits per heavy atom. The van der Waals surface area contributed by atoms with Crippen molar-refractivity contribution in [2.45, 2.75) is 18.7 Å². The van der Waals surface area contributed by atoms with Gasteiger partial charge in [-0.15, -0.1) is 11.8 Å². The van der Waals surface area contributed by atoms with Crippen LogP contribution in [0.4, 0.5) is 0 Å². The first-order chi connectivity index (χ1) is 9.15. The molecule has 1 N–H and O–H groups in total. The van der Waals surface area contributed by atoms with E-state index in [1.165, 1.54) is 12.7 Å². The van der Waals surface area contributed by atoms with E-state index in [1.54, 1.807) is 18.9 Å². The normalized spacial score (nSPS) is 11.9. The van der Waals surface area contributed by atoms with E-state index in [1.807, 2.05) is 24.3 Å². The minimum absolute atomic E-state index is 0.174. The number of hydrogen-bond donors (Lipinski definition) is 1. The second kappa shape index (κ2) is 8.82. The van der Waals surface area contributed by atoms with Gasteiger partial charge in [-0.1, -0.05) is 19.1 Å². The first-order valence-electron chi connectivity index (χ1n) is 6.17. The van der Waals surface area contributed by atoms with Crippen molar-refractivity contribution >= 4 is 17.7 Å². The number of carbonyl (C=O) groups excluding carboxylic acids is 1. The third-order valence-electron chi connectivity index (χ3n) is 2.63. The lowest BCUT2D eigenvalue weighted by Gasteiger charge is -2.12. The zero-order valence-electron chi connectivity index (χ0n) is 11.6. The number of ether oxygens (including phenoxy) is 2. The average Bonchev–Trinajstić information content (AvgIpc) is 2.45. The molecular weight excluding hydrogens is 262 g/mol. The van der Waals surface area contributed by atoms with Crippen LogP contribution in [0, 0.1) is 0 Å². The van der Waals surface area contributed by atoms with Gasteiger partial charge in [0.15, 0.2) is 0 Å². The van der Waals surface area contributed by atoms with E-state index >= 15 is 0 Å². The summed E-state index contributed by atoms with van der Waals surface area (Å²) >= 11 is 1.59. The molecule has 0 saturated carbocycles. The third kappa shape index (κ3) is 6.50. The van der Waals surface area contributed by atoms with Crippen molar-refractivity contribution in [3.8, 4) is 5.75 Å². The molecule has 0 bridgehead atoms. The Kier molecular flexibility index (Phi) is 7.36. The molecule has 5 heteroatoms. The molecule has 0 aliphatic rings. The van der Waals surface area contributed by atoms with Crippen LogP contribution in [0.15, 0.2) is 24.3 Å². The fourth-order valence-corrected chi connectivity index (χ4v) is 2.27. The van der Waals surface area contributed by atoms with Gasteiger partial charge in [0.05, 0.1) is 20.0 Å². The number of benzene rings is 1. The summed E-state index contributed by atoms with van der Waals surface area (Å²) in [5.41, 5.74) is 1.21. The molecule has 0 heterocycles. The van der Waals surface area contributed by atoms with Gasteiger partial charge in [0.25, 0.3) is 0 Å². The van der Waals surface area contributed by atoms with Crippen LogP contribution in [0.3, 0.4) is 0 Å². The van der Waals surface area contributed by atoms with Crippen molar-refractivity contribution in [3.63, 3.8) is 0 Å². The fraction of sp³-hybridized carbons (Fsp3) is 0.500.